The average molecular weight is 446 g/mol. The Hall–Kier alpha value is -3.25. The molecule has 1 N–H and O–H groups in total. The number of hydrogen-bond acceptors (Lipinski definition) is 5. The second-order valence-electron chi connectivity index (χ2n) is 8.72. The van der Waals surface area contributed by atoms with Crippen molar-refractivity contribution in [2.45, 2.75) is 25.2 Å². The van der Waals surface area contributed by atoms with Crippen LogP contribution in [0.5, 0.6) is 0 Å². The molecule has 0 aromatic heterocycles. The highest BCUT2D eigenvalue weighted by Crippen LogP contribution is 2.32. The summed E-state index contributed by atoms with van der Waals surface area (Å²) < 4.78 is 0. The Bertz CT molecular complexity index is 1010. The summed E-state index contributed by atoms with van der Waals surface area (Å²) in [6.07, 6.45) is 2.85. The zero-order valence-corrected chi connectivity index (χ0v) is 18.9. The van der Waals surface area contributed by atoms with Gasteiger partial charge in [-0.3, -0.25) is 19.5 Å². The first kappa shape index (κ1) is 22.9. The van der Waals surface area contributed by atoms with Crippen molar-refractivity contribution in [1.82, 2.24) is 9.80 Å². The van der Waals surface area contributed by atoms with Crippen LogP contribution in [-0.2, 0) is 16.0 Å². The van der Waals surface area contributed by atoms with E-state index in [1.807, 2.05) is 65.6 Å². The van der Waals surface area contributed by atoms with E-state index in [1.54, 1.807) is 6.21 Å². The molecule has 1 amide bonds. The summed E-state index contributed by atoms with van der Waals surface area (Å²) in [5.74, 6) is 0.277. The topological polar surface area (TPSA) is 73.2 Å². The minimum atomic E-state index is -0.0538. The number of carbonyl (C=O) groups excluding carboxylic acids is 2. The molecule has 2 aromatic carbocycles. The smallest absolute Gasteiger partial charge is 0.227 e. The van der Waals surface area contributed by atoms with Gasteiger partial charge in [-0.1, -0.05) is 60.7 Å². The third kappa shape index (κ3) is 6.17. The van der Waals surface area contributed by atoms with Gasteiger partial charge < -0.3 is 10.0 Å². The number of nitrogens with zero attached hydrogens (tertiary/aromatic N) is 3. The maximum Gasteiger partial charge on any atom is 0.227 e. The first-order chi connectivity index (χ1) is 16.1. The Labute approximate surface area is 195 Å². The van der Waals surface area contributed by atoms with Gasteiger partial charge >= 0.3 is 0 Å². The summed E-state index contributed by atoms with van der Waals surface area (Å²) in [4.78, 5) is 33.7. The molecule has 172 valence electrons. The summed E-state index contributed by atoms with van der Waals surface area (Å²) >= 11 is 0. The molecular formula is C27H31N3O3. The van der Waals surface area contributed by atoms with Gasteiger partial charge in [0.05, 0.1) is 18.5 Å². The second kappa shape index (κ2) is 11.1. The number of ketones is 1. The molecule has 2 aromatic rings. The minimum Gasteiger partial charge on any atom is -0.511 e. The van der Waals surface area contributed by atoms with Gasteiger partial charge in [-0.2, -0.15) is 0 Å². The highest BCUT2D eigenvalue weighted by atomic mass is 16.3. The summed E-state index contributed by atoms with van der Waals surface area (Å²) in [7, 11) is 0. The fourth-order valence-electron chi connectivity index (χ4n) is 4.48. The molecule has 4 rings (SSSR count). The lowest BCUT2D eigenvalue weighted by Gasteiger charge is -2.34. The van der Waals surface area contributed by atoms with E-state index in [9.17, 15) is 14.7 Å². The minimum absolute atomic E-state index is 0.0248. The van der Waals surface area contributed by atoms with E-state index in [1.165, 1.54) is 0 Å². The van der Waals surface area contributed by atoms with Gasteiger partial charge in [-0.25, -0.2) is 0 Å². The number of Topliss-reactive ketones (excluding diaryl/α,β-unsaturated/α-hetero) is 1. The molecule has 6 heteroatoms. The molecule has 0 spiro atoms. The molecule has 6 nitrogen and oxygen atoms in total. The molecule has 1 aliphatic heterocycles. The van der Waals surface area contributed by atoms with E-state index in [4.69, 9.17) is 0 Å². The van der Waals surface area contributed by atoms with Gasteiger partial charge in [-0.15, -0.1) is 0 Å². The van der Waals surface area contributed by atoms with Gasteiger partial charge in [0.15, 0.2) is 5.78 Å². The molecule has 2 aliphatic rings. The lowest BCUT2D eigenvalue weighted by Crippen LogP contribution is -2.49. The van der Waals surface area contributed by atoms with E-state index in [2.05, 4.69) is 9.89 Å². The van der Waals surface area contributed by atoms with Crippen LogP contribution < -0.4 is 0 Å². The molecule has 1 atom stereocenters. The zero-order valence-electron chi connectivity index (χ0n) is 18.9. The van der Waals surface area contributed by atoms with Crippen LogP contribution in [0.2, 0.25) is 0 Å². The maximum atomic E-state index is 12.6. The number of amides is 1. The monoisotopic (exact) mass is 445 g/mol. The molecular weight excluding hydrogens is 414 g/mol. The van der Waals surface area contributed by atoms with Gasteiger partial charge in [0, 0.05) is 51.8 Å². The van der Waals surface area contributed by atoms with Crippen LogP contribution in [0.1, 0.15) is 29.9 Å². The van der Waals surface area contributed by atoms with Crippen LogP contribution in [-0.4, -0.2) is 72.1 Å². The van der Waals surface area contributed by atoms with Crippen molar-refractivity contribution in [3.05, 3.63) is 83.1 Å². The van der Waals surface area contributed by atoms with Crippen molar-refractivity contribution < 1.29 is 14.7 Å². The molecule has 33 heavy (non-hydrogen) atoms. The van der Waals surface area contributed by atoms with Crippen molar-refractivity contribution in [2.75, 3.05) is 39.3 Å². The largest absolute Gasteiger partial charge is 0.511 e. The van der Waals surface area contributed by atoms with Crippen molar-refractivity contribution >= 4 is 17.9 Å². The van der Waals surface area contributed by atoms with Crippen LogP contribution in [0, 0.1) is 0 Å². The number of piperazine rings is 1. The quantitative estimate of drug-likeness (QED) is 0.663. The van der Waals surface area contributed by atoms with E-state index in [0.717, 1.165) is 43.9 Å². The molecule has 1 aliphatic carbocycles. The fourth-order valence-corrected chi connectivity index (χ4v) is 4.48. The van der Waals surface area contributed by atoms with Crippen LogP contribution in [0.4, 0.5) is 0 Å². The van der Waals surface area contributed by atoms with Crippen LogP contribution in [0.25, 0.3) is 0 Å². The summed E-state index contributed by atoms with van der Waals surface area (Å²) in [6.45, 7) is 4.42. The zero-order chi connectivity index (χ0) is 23.0. The lowest BCUT2D eigenvalue weighted by molar-refractivity contribution is -0.132. The van der Waals surface area contributed by atoms with Crippen molar-refractivity contribution in [3.63, 3.8) is 0 Å². The SMILES string of the molecule is O=C1C[C@@H](c2ccccc2)CC(O)=C1C=NCCN1CCN(C(=O)Cc2ccccc2)CC1. The van der Waals surface area contributed by atoms with Crippen LogP contribution in [0.3, 0.4) is 0 Å². The second-order valence-corrected chi connectivity index (χ2v) is 8.72. The van der Waals surface area contributed by atoms with E-state index in [-0.39, 0.29) is 23.4 Å². The summed E-state index contributed by atoms with van der Waals surface area (Å²) in [6, 6.07) is 19.7. The van der Waals surface area contributed by atoms with Crippen LogP contribution in [0.15, 0.2) is 77.0 Å². The number of benzene rings is 2. The first-order valence-corrected chi connectivity index (χ1v) is 11.6. The summed E-state index contributed by atoms with van der Waals surface area (Å²) in [5, 5.41) is 10.4. The highest BCUT2D eigenvalue weighted by Gasteiger charge is 2.27. The number of aliphatic imine (C=N–C) groups is 1. The number of aliphatic hydroxyl groups is 1. The first-order valence-electron chi connectivity index (χ1n) is 11.6. The molecule has 0 saturated carbocycles. The third-order valence-electron chi connectivity index (χ3n) is 6.44. The normalized spacial score (nSPS) is 19.9. The van der Waals surface area contributed by atoms with Crippen LogP contribution >= 0.6 is 0 Å². The number of carbonyl (C=O) groups is 2. The molecule has 1 fully saturated rings. The average Bonchev–Trinajstić information content (AvgIpc) is 2.84. The molecule has 0 radical (unpaired) electrons. The Morgan fingerprint density at radius 2 is 1.64 bits per heavy atom. The van der Waals surface area contributed by atoms with Crippen molar-refractivity contribution in [2.24, 2.45) is 4.99 Å². The van der Waals surface area contributed by atoms with Gasteiger partial charge in [0.1, 0.15) is 5.76 Å². The molecule has 0 bridgehead atoms. The molecule has 1 saturated heterocycles. The third-order valence-corrected chi connectivity index (χ3v) is 6.44. The number of hydrogen-bond donors (Lipinski definition) is 1. The molecule has 0 unspecified atom stereocenters. The summed E-state index contributed by atoms with van der Waals surface area (Å²) in [5.41, 5.74) is 2.47. The Balaban J connectivity index is 1.21. The fraction of sp³-hybridized carbons (Fsp3) is 0.370. The Kier molecular flexibility index (Phi) is 7.68. The van der Waals surface area contributed by atoms with Gasteiger partial charge in [0.2, 0.25) is 5.91 Å². The molecule has 1 heterocycles. The van der Waals surface area contributed by atoms with Gasteiger partial charge in [0.25, 0.3) is 0 Å². The van der Waals surface area contributed by atoms with E-state index >= 15 is 0 Å². The van der Waals surface area contributed by atoms with Gasteiger partial charge in [-0.05, 0) is 17.0 Å². The van der Waals surface area contributed by atoms with E-state index in [0.29, 0.717) is 31.4 Å². The Morgan fingerprint density at radius 1 is 0.970 bits per heavy atom. The Morgan fingerprint density at radius 3 is 2.30 bits per heavy atom. The number of allylic oxidation sites excluding steroid dienone is 2. The highest BCUT2D eigenvalue weighted by molar-refractivity contribution is 6.14. The predicted octanol–water partition coefficient (Wildman–Crippen LogP) is 3.40. The maximum absolute atomic E-state index is 12.6. The number of aliphatic hydroxyl groups excluding tert-OH is 1. The van der Waals surface area contributed by atoms with Crippen molar-refractivity contribution in [1.29, 1.82) is 0 Å². The lowest BCUT2D eigenvalue weighted by atomic mass is 9.83. The standard InChI is InChI=1S/C27H31N3O3/c31-25-18-23(22-9-5-2-6-10-22)19-26(32)24(25)20-28-11-12-29-13-15-30(16-14-29)27(33)17-21-7-3-1-4-8-21/h1-10,20,23,31H,11-19H2/t23-/m0/s1. The number of rotatable bonds is 7. The van der Waals surface area contributed by atoms with Crippen molar-refractivity contribution in [3.8, 4) is 0 Å². The van der Waals surface area contributed by atoms with E-state index < -0.39 is 0 Å². The predicted molar refractivity (Wildman–Crippen MR) is 130 cm³/mol.